The number of nitrogens with one attached hydrogen (secondary N) is 1. The van der Waals surface area contributed by atoms with E-state index in [1.165, 1.54) is 35.0 Å². The number of hydrogen-bond acceptors (Lipinski definition) is 5. The van der Waals surface area contributed by atoms with Gasteiger partial charge in [0.1, 0.15) is 0 Å². The van der Waals surface area contributed by atoms with Gasteiger partial charge in [-0.2, -0.15) is 0 Å². The van der Waals surface area contributed by atoms with Crippen LogP contribution in [0.1, 0.15) is 49.9 Å². The standard InChI is InChI=1S/C24H30N2O5S/c1-3-26(20-10-5-4-6-11-20)32(29,30)21-15-13-19(14-16-21)24(28)31-17-23(27)25-22-12-8-7-9-18(22)2/h4-6,10-11,13-16,18,22H,3,7-9,12,17H2,1-2H3,(H,25,27)/t18-,22+/m0/s1. The minimum Gasteiger partial charge on any atom is -0.452 e. The van der Waals surface area contributed by atoms with Gasteiger partial charge in [-0.1, -0.05) is 38.0 Å². The van der Waals surface area contributed by atoms with Crippen molar-refractivity contribution >= 4 is 27.6 Å². The second-order valence-electron chi connectivity index (χ2n) is 8.04. The average Bonchev–Trinajstić information content (AvgIpc) is 2.80. The third-order valence-corrected chi connectivity index (χ3v) is 7.72. The number of para-hydroxylation sites is 1. The maximum atomic E-state index is 13.0. The van der Waals surface area contributed by atoms with E-state index >= 15 is 0 Å². The van der Waals surface area contributed by atoms with Crippen LogP contribution in [0.3, 0.4) is 0 Å². The number of rotatable bonds is 8. The second-order valence-corrected chi connectivity index (χ2v) is 9.90. The first-order valence-electron chi connectivity index (χ1n) is 11.0. The summed E-state index contributed by atoms with van der Waals surface area (Å²) >= 11 is 0. The quantitative estimate of drug-likeness (QED) is 0.608. The fraction of sp³-hybridized carbons (Fsp3) is 0.417. The molecule has 1 amide bonds. The highest BCUT2D eigenvalue weighted by Gasteiger charge is 2.25. The first kappa shape index (κ1) is 23.8. The van der Waals surface area contributed by atoms with E-state index in [0.29, 0.717) is 11.6 Å². The molecular formula is C24H30N2O5S. The van der Waals surface area contributed by atoms with Crippen molar-refractivity contribution in [3.8, 4) is 0 Å². The third-order valence-electron chi connectivity index (χ3n) is 5.80. The molecule has 0 aromatic heterocycles. The topological polar surface area (TPSA) is 92.8 Å². The van der Waals surface area contributed by atoms with Crippen molar-refractivity contribution in [1.29, 1.82) is 0 Å². The third kappa shape index (κ3) is 5.68. The van der Waals surface area contributed by atoms with Crippen LogP contribution < -0.4 is 9.62 Å². The molecule has 2 aromatic carbocycles. The molecule has 172 valence electrons. The lowest BCUT2D eigenvalue weighted by Crippen LogP contribution is -2.42. The molecule has 3 rings (SSSR count). The van der Waals surface area contributed by atoms with Crippen LogP contribution in [-0.2, 0) is 19.6 Å². The summed E-state index contributed by atoms with van der Waals surface area (Å²) in [6.07, 6.45) is 4.29. The Bertz CT molecular complexity index is 1020. The highest BCUT2D eigenvalue weighted by molar-refractivity contribution is 7.92. The van der Waals surface area contributed by atoms with Gasteiger partial charge in [-0.3, -0.25) is 9.10 Å². The van der Waals surface area contributed by atoms with Gasteiger partial charge in [0.25, 0.3) is 15.9 Å². The highest BCUT2D eigenvalue weighted by atomic mass is 32.2. The Labute approximate surface area is 189 Å². The minimum absolute atomic E-state index is 0.0729. The van der Waals surface area contributed by atoms with E-state index in [2.05, 4.69) is 12.2 Å². The van der Waals surface area contributed by atoms with Crippen LogP contribution in [-0.4, -0.2) is 39.5 Å². The van der Waals surface area contributed by atoms with Gasteiger partial charge in [-0.25, -0.2) is 13.2 Å². The van der Waals surface area contributed by atoms with Crippen molar-refractivity contribution in [2.45, 2.75) is 50.5 Å². The van der Waals surface area contributed by atoms with Gasteiger partial charge >= 0.3 is 5.97 Å². The molecule has 0 unspecified atom stereocenters. The molecule has 1 fully saturated rings. The first-order chi connectivity index (χ1) is 15.3. The van der Waals surface area contributed by atoms with Crippen LogP contribution in [0.25, 0.3) is 0 Å². The summed E-state index contributed by atoms with van der Waals surface area (Å²) in [5.41, 5.74) is 0.752. The Hall–Kier alpha value is -2.87. The smallest absolute Gasteiger partial charge is 0.338 e. The van der Waals surface area contributed by atoms with Crippen LogP contribution in [0.15, 0.2) is 59.5 Å². The SMILES string of the molecule is CCN(c1ccccc1)S(=O)(=O)c1ccc(C(=O)OCC(=O)N[C@@H]2CCCC[C@@H]2C)cc1. The summed E-state index contributed by atoms with van der Waals surface area (Å²) in [6.45, 7) is 3.78. The fourth-order valence-electron chi connectivity index (χ4n) is 3.97. The van der Waals surface area contributed by atoms with Gasteiger partial charge in [0, 0.05) is 12.6 Å². The number of carbonyl (C=O) groups is 2. The van der Waals surface area contributed by atoms with Gasteiger partial charge in [-0.15, -0.1) is 0 Å². The maximum absolute atomic E-state index is 13.0. The molecule has 8 heteroatoms. The zero-order chi connectivity index (χ0) is 23.1. The van der Waals surface area contributed by atoms with Crippen molar-refractivity contribution in [1.82, 2.24) is 5.32 Å². The molecule has 2 aromatic rings. The lowest BCUT2D eigenvalue weighted by atomic mass is 9.86. The predicted octanol–water partition coefficient (Wildman–Crippen LogP) is 3.75. The molecule has 1 aliphatic carbocycles. The number of esters is 1. The molecule has 1 aliphatic rings. The van der Waals surface area contributed by atoms with Crippen molar-refractivity contribution in [3.05, 3.63) is 60.2 Å². The summed E-state index contributed by atoms with van der Waals surface area (Å²) in [6, 6.07) is 14.5. The number of sulfonamides is 1. The molecule has 0 bridgehead atoms. The largest absolute Gasteiger partial charge is 0.452 e. The average molecular weight is 459 g/mol. The van der Waals surface area contributed by atoms with Gasteiger partial charge in [0.05, 0.1) is 16.1 Å². The first-order valence-corrected chi connectivity index (χ1v) is 12.4. The zero-order valence-corrected chi connectivity index (χ0v) is 19.3. The summed E-state index contributed by atoms with van der Waals surface area (Å²) in [5.74, 6) is -0.578. The Kier molecular flexibility index (Phi) is 7.90. The van der Waals surface area contributed by atoms with Crippen molar-refractivity contribution < 1.29 is 22.7 Å². The van der Waals surface area contributed by atoms with Crippen molar-refractivity contribution in [2.75, 3.05) is 17.5 Å². The van der Waals surface area contributed by atoms with Crippen LogP contribution in [0.4, 0.5) is 5.69 Å². The van der Waals surface area contributed by atoms with Crippen molar-refractivity contribution in [2.24, 2.45) is 5.92 Å². The van der Waals surface area contributed by atoms with Crippen LogP contribution in [0.2, 0.25) is 0 Å². The van der Waals surface area contributed by atoms with Gasteiger partial charge < -0.3 is 10.1 Å². The van der Waals surface area contributed by atoms with Gasteiger partial charge in [0.15, 0.2) is 6.61 Å². The van der Waals surface area contributed by atoms with E-state index in [0.717, 1.165) is 19.3 Å². The Morgan fingerprint density at radius 2 is 1.69 bits per heavy atom. The minimum atomic E-state index is -3.78. The Balaban J connectivity index is 1.60. The molecular weight excluding hydrogens is 428 g/mol. The molecule has 0 aliphatic heterocycles. The number of amides is 1. The normalized spacial score (nSPS) is 18.6. The molecule has 0 heterocycles. The number of nitrogens with zero attached hydrogens (tertiary/aromatic N) is 1. The summed E-state index contributed by atoms with van der Waals surface area (Å²) < 4.78 is 32.5. The molecule has 2 atom stereocenters. The van der Waals surface area contributed by atoms with E-state index in [9.17, 15) is 18.0 Å². The molecule has 1 saturated carbocycles. The number of ether oxygens (including phenoxy) is 1. The summed E-state index contributed by atoms with van der Waals surface area (Å²) in [5, 5.41) is 2.94. The summed E-state index contributed by atoms with van der Waals surface area (Å²) in [4.78, 5) is 24.5. The number of anilines is 1. The maximum Gasteiger partial charge on any atom is 0.338 e. The van der Waals surface area contributed by atoms with E-state index < -0.39 is 16.0 Å². The lowest BCUT2D eigenvalue weighted by molar-refractivity contribution is -0.125. The molecule has 32 heavy (non-hydrogen) atoms. The Morgan fingerprint density at radius 3 is 2.31 bits per heavy atom. The predicted molar refractivity (Wildman–Crippen MR) is 123 cm³/mol. The highest BCUT2D eigenvalue weighted by Crippen LogP contribution is 2.24. The van der Waals surface area contributed by atoms with Crippen LogP contribution in [0, 0.1) is 5.92 Å². The van der Waals surface area contributed by atoms with E-state index in [1.807, 2.05) is 6.07 Å². The molecule has 7 nitrogen and oxygen atoms in total. The van der Waals surface area contributed by atoms with E-state index in [-0.39, 0.29) is 35.6 Å². The number of benzene rings is 2. The Morgan fingerprint density at radius 1 is 1.03 bits per heavy atom. The molecule has 0 radical (unpaired) electrons. The fourth-order valence-corrected chi connectivity index (χ4v) is 5.44. The number of hydrogen-bond donors (Lipinski definition) is 1. The lowest BCUT2D eigenvalue weighted by Gasteiger charge is -2.29. The second kappa shape index (κ2) is 10.6. The van der Waals surface area contributed by atoms with Crippen LogP contribution >= 0.6 is 0 Å². The monoisotopic (exact) mass is 458 g/mol. The van der Waals surface area contributed by atoms with Gasteiger partial charge in [0.2, 0.25) is 0 Å². The molecule has 1 N–H and O–H groups in total. The number of carbonyl (C=O) groups excluding carboxylic acids is 2. The molecule has 0 spiro atoms. The molecule has 0 saturated heterocycles. The van der Waals surface area contributed by atoms with E-state index in [1.54, 1.807) is 31.2 Å². The van der Waals surface area contributed by atoms with E-state index in [4.69, 9.17) is 4.74 Å². The van der Waals surface area contributed by atoms with Gasteiger partial charge in [-0.05, 0) is 62.1 Å². The summed E-state index contributed by atoms with van der Waals surface area (Å²) in [7, 11) is -3.78. The zero-order valence-electron chi connectivity index (χ0n) is 18.5. The van der Waals surface area contributed by atoms with Crippen LogP contribution in [0.5, 0.6) is 0 Å². The van der Waals surface area contributed by atoms with Crippen molar-refractivity contribution in [3.63, 3.8) is 0 Å².